The third kappa shape index (κ3) is 1.36. The topological polar surface area (TPSA) is 56.0 Å². The highest BCUT2D eigenvalue weighted by Crippen LogP contribution is 2.14. The smallest absolute Gasteiger partial charge is 0.150 e. The van der Waals surface area contributed by atoms with Crippen LogP contribution in [0.15, 0.2) is 30.3 Å². The molecule has 0 aliphatic heterocycles. The van der Waals surface area contributed by atoms with E-state index in [1.165, 1.54) is 0 Å². The second-order valence-corrected chi connectivity index (χ2v) is 2.81. The van der Waals surface area contributed by atoms with Crippen molar-refractivity contribution in [2.24, 2.45) is 0 Å². The summed E-state index contributed by atoms with van der Waals surface area (Å²) < 4.78 is 0. The zero-order chi connectivity index (χ0) is 9.26. The van der Waals surface area contributed by atoms with Crippen LogP contribution in [0.1, 0.15) is 10.4 Å². The standard InChI is InChI=1S/C10H8N2O/c11-10-4-3-8-2-1-7(6-13)5-9(8)12-10/h1-6H,(H2,11,12). The van der Waals surface area contributed by atoms with Crippen molar-refractivity contribution in [2.45, 2.75) is 0 Å². The van der Waals surface area contributed by atoms with Crippen LogP contribution >= 0.6 is 0 Å². The van der Waals surface area contributed by atoms with E-state index in [1.807, 2.05) is 12.1 Å². The third-order valence-electron chi connectivity index (χ3n) is 1.87. The molecule has 0 bridgehead atoms. The van der Waals surface area contributed by atoms with E-state index in [9.17, 15) is 4.79 Å². The Hall–Kier alpha value is -1.90. The molecule has 0 aliphatic rings. The molecule has 0 amide bonds. The minimum absolute atomic E-state index is 0.468. The molecule has 1 heterocycles. The molecule has 3 heteroatoms. The monoisotopic (exact) mass is 172 g/mol. The molecule has 0 aliphatic carbocycles. The van der Waals surface area contributed by atoms with Crippen LogP contribution in [0, 0.1) is 0 Å². The highest BCUT2D eigenvalue weighted by molar-refractivity contribution is 5.87. The molecule has 2 aromatic rings. The van der Waals surface area contributed by atoms with Gasteiger partial charge in [-0.3, -0.25) is 4.79 Å². The zero-order valence-corrected chi connectivity index (χ0v) is 6.90. The van der Waals surface area contributed by atoms with Crippen LogP contribution < -0.4 is 5.73 Å². The molecule has 0 fully saturated rings. The molecule has 64 valence electrons. The lowest BCUT2D eigenvalue weighted by Crippen LogP contribution is -1.90. The van der Waals surface area contributed by atoms with Crippen LogP contribution in [0.3, 0.4) is 0 Å². The van der Waals surface area contributed by atoms with Gasteiger partial charge in [-0.2, -0.15) is 0 Å². The summed E-state index contributed by atoms with van der Waals surface area (Å²) in [5.41, 5.74) is 6.89. The summed E-state index contributed by atoms with van der Waals surface area (Å²) in [5.74, 6) is 0.468. The fraction of sp³-hybridized carbons (Fsp3) is 0. The van der Waals surface area contributed by atoms with Gasteiger partial charge in [0.25, 0.3) is 0 Å². The maximum atomic E-state index is 10.5. The van der Waals surface area contributed by atoms with E-state index in [-0.39, 0.29) is 0 Å². The van der Waals surface area contributed by atoms with Gasteiger partial charge in [0, 0.05) is 10.9 Å². The van der Waals surface area contributed by atoms with Gasteiger partial charge in [0.05, 0.1) is 5.52 Å². The van der Waals surface area contributed by atoms with Gasteiger partial charge in [0.1, 0.15) is 12.1 Å². The molecule has 0 unspecified atom stereocenters. The number of benzene rings is 1. The number of nitrogens with zero attached hydrogens (tertiary/aromatic N) is 1. The number of aldehydes is 1. The second-order valence-electron chi connectivity index (χ2n) is 2.81. The van der Waals surface area contributed by atoms with Crippen molar-refractivity contribution in [1.29, 1.82) is 0 Å². The Labute approximate surface area is 75.2 Å². The normalized spacial score (nSPS) is 10.2. The minimum Gasteiger partial charge on any atom is -0.384 e. The number of carbonyl (C=O) groups is 1. The van der Waals surface area contributed by atoms with Gasteiger partial charge in [-0.05, 0) is 18.2 Å². The summed E-state index contributed by atoms with van der Waals surface area (Å²) in [6, 6.07) is 8.95. The summed E-state index contributed by atoms with van der Waals surface area (Å²) in [5, 5.41) is 0.986. The van der Waals surface area contributed by atoms with Crippen molar-refractivity contribution in [1.82, 2.24) is 4.98 Å². The van der Waals surface area contributed by atoms with Crippen LogP contribution in [0.25, 0.3) is 10.9 Å². The second kappa shape index (κ2) is 2.86. The molecule has 0 atom stereocenters. The number of aromatic nitrogens is 1. The van der Waals surface area contributed by atoms with E-state index < -0.39 is 0 Å². The number of pyridine rings is 1. The molecule has 1 aromatic carbocycles. The number of rotatable bonds is 1. The number of nitrogen functional groups attached to an aromatic ring is 1. The number of nitrogens with two attached hydrogens (primary N) is 1. The molecule has 0 saturated heterocycles. The van der Waals surface area contributed by atoms with E-state index in [4.69, 9.17) is 5.73 Å². The highest BCUT2D eigenvalue weighted by Gasteiger charge is 1.96. The van der Waals surface area contributed by atoms with Crippen LogP contribution in [0.4, 0.5) is 5.82 Å². The first-order valence-electron chi connectivity index (χ1n) is 3.91. The SMILES string of the molecule is Nc1ccc2ccc(C=O)cc2n1. The Balaban J connectivity index is 2.74. The summed E-state index contributed by atoms with van der Waals surface area (Å²) >= 11 is 0. The van der Waals surface area contributed by atoms with Gasteiger partial charge in [-0.25, -0.2) is 4.98 Å². The van der Waals surface area contributed by atoms with Gasteiger partial charge in [-0.15, -0.1) is 0 Å². The van der Waals surface area contributed by atoms with E-state index in [1.54, 1.807) is 18.2 Å². The van der Waals surface area contributed by atoms with E-state index in [0.29, 0.717) is 11.4 Å². The maximum absolute atomic E-state index is 10.5. The fourth-order valence-corrected chi connectivity index (χ4v) is 1.22. The van der Waals surface area contributed by atoms with Crippen molar-refractivity contribution in [3.63, 3.8) is 0 Å². The maximum Gasteiger partial charge on any atom is 0.150 e. The van der Waals surface area contributed by atoms with Crippen LogP contribution in [-0.2, 0) is 0 Å². The van der Waals surface area contributed by atoms with Gasteiger partial charge < -0.3 is 5.73 Å². The summed E-state index contributed by atoms with van der Waals surface area (Å²) in [6.45, 7) is 0. The van der Waals surface area contributed by atoms with E-state index in [2.05, 4.69) is 4.98 Å². The zero-order valence-electron chi connectivity index (χ0n) is 6.90. The van der Waals surface area contributed by atoms with Crippen LogP contribution in [0.2, 0.25) is 0 Å². The molecule has 2 N–H and O–H groups in total. The average Bonchev–Trinajstić information content (AvgIpc) is 2.16. The summed E-state index contributed by atoms with van der Waals surface area (Å²) in [4.78, 5) is 14.6. The Morgan fingerprint density at radius 3 is 2.77 bits per heavy atom. The molecule has 1 aromatic heterocycles. The summed E-state index contributed by atoms with van der Waals surface area (Å²) in [6.07, 6.45) is 0.796. The lowest BCUT2D eigenvalue weighted by Gasteiger charge is -1.98. The molecule has 13 heavy (non-hydrogen) atoms. The van der Waals surface area contributed by atoms with E-state index in [0.717, 1.165) is 17.2 Å². The van der Waals surface area contributed by atoms with E-state index >= 15 is 0 Å². The number of hydrogen-bond donors (Lipinski definition) is 1. The van der Waals surface area contributed by atoms with Crippen molar-refractivity contribution < 1.29 is 4.79 Å². The van der Waals surface area contributed by atoms with Crippen LogP contribution in [0.5, 0.6) is 0 Å². The Morgan fingerprint density at radius 2 is 2.00 bits per heavy atom. The Kier molecular flexibility index (Phi) is 1.70. The number of carbonyl (C=O) groups excluding carboxylic acids is 1. The number of fused-ring (bicyclic) bond motifs is 1. The van der Waals surface area contributed by atoms with Crippen molar-refractivity contribution in [2.75, 3.05) is 5.73 Å². The first kappa shape index (κ1) is 7.73. The fourth-order valence-electron chi connectivity index (χ4n) is 1.22. The van der Waals surface area contributed by atoms with Crippen molar-refractivity contribution >= 4 is 23.0 Å². The van der Waals surface area contributed by atoms with Gasteiger partial charge in [0.2, 0.25) is 0 Å². The van der Waals surface area contributed by atoms with Crippen molar-refractivity contribution in [3.8, 4) is 0 Å². The molecule has 2 rings (SSSR count). The Morgan fingerprint density at radius 1 is 1.23 bits per heavy atom. The highest BCUT2D eigenvalue weighted by atomic mass is 16.1. The first-order chi connectivity index (χ1) is 6.29. The number of hydrogen-bond acceptors (Lipinski definition) is 3. The molecular weight excluding hydrogens is 164 g/mol. The van der Waals surface area contributed by atoms with Crippen LogP contribution in [-0.4, -0.2) is 11.3 Å². The molecule has 0 saturated carbocycles. The van der Waals surface area contributed by atoms with Crippen molar-refractivity contribution in [3.05, 3.63) is 35.9 Å². The minimum atomic E-state index is 0.468. The first-order valence-corrected chi connectivity index (χ1v) is 3.91. The average molecular weight is 172 g/mol. The number of anilines is 1. The lowest BCUT2D eigenvalue weighted by molar-refractivity contribution is 0.112. The predicted octanol–water partition coefficient (Wildman–Crippen LogP) is 1.63. The lowest BCUT2D eigenvalue weighted by atomic mass is 10.1. The van der Waals surface area contributed by atoms with Gasteiger partial charge >= 0.3 is 0 Å². The molecule has 0 spiro atoms. The van der Waals surface area contributed by atoms with Gasteiger partial charge in [-0.1, -0.05) is 12.1 Å². The molecule has 0 radical (unpaired) electrons. The largest absolute Gasteiger partial charge is 0.384 e. The molecular formula is C10H8N2O. The quantitative estimate of drug-likeness (QED) is 0.665. The summed E-state index contributed by atoms with van der Waals surface area (Å²) in [7, 11) is 0. The predicted molar refractivity (Wildman–Crippen MR) is 51.5 cm³/mol. The third-order valence-corrected chi connectivity index (χ3v) is 1.87. The Bertz CT molecular complexity index is 465. The van der Waals surface area contributed by atoms with Gasteiger partial charge in [0.15, 0.2) is 0 Å². The molecule has 3 nitrogen and oxygen atoms in total.